The van der Waals surface area contributed by atoms with Crippen LogP contribution in [0.25, 0.3) is 11.3 Å². The van der Waals surface area contributed by atoms with Gasteiger partial charge in [0.05, 0.1) is 6.20 Å². The van der Waals surface area contributed by atoms with Crippen LogP contribution in [0.15, 0.2) is 65.2 Å². The van der Waals surface area contributed by atoms with Crippen molar-refractivity contribution in [2.24, 2.45) is 0 Å². The number of aromatic nitrogens is 1. The molecule has 2 aromatic carbocycles. The number of rotatable bonds is 9. The first kappa shape index (κ1) is 22.2. The first-order chi connectivity index (χ1) is 15.6. The second-order valence-corrected chi connectivity index (χ2v) is 8.63. The maximum Gasteiger partial charge on any atom is 0.222 e. The van der Waals surface area contributed by atoms with Gasteiger partial charge in [-0.05, 0) is 31.7 Å². The van der Waals surface area contributed by atoms with E-state index in [1.165, 1.54) is 11.1 Å². The quantitative estimate of drug-likeness (QED) is 0.523. The molecule has 0 bridgehead atoms. The molecule has 168 valence electrons. The van der Waals surface area contributed by atoms with Gasteiger partial charge >= 0.3 is 0 Å². The highest BCUT2D eigenvalue weighted by molar-refractivity contribution is 5.76. The van der Waals surface area contributed by atoms with Crippen molar-refractivity contribution in [2.75, 3.05) is 13.6 Å². The Morgan fingerprint density at radius 2 is 1.91 bits per heavy atom. The molecule has 0 aliphatic carbocycles. The first-order valence-electron chi connectivity index (χ1n) is 11.4. The van der Waals surface area contributed by atoms with Crippen molar-refractivity contribution in [2.45, 2.75) is 51.1 Å². The van der Waals surface area contributed by atoms with Crippen LogP contribution in [0, 0.1) is 6.92 Å². The van der Waals surface area contributed by atoms with Gasteiger partial charge in [-0.25, -0.2) is 4.98 Å². The van der Waals surface area contributed by atoms with Gasteiger partial charge in [0.2, 0.25) is 5.91 Å². The zero-order chi connectivity index (χ0) is 22.3. The third-order valence-corrected chi connectivity index (χ3v) is 6.10. The van der Waals surface area contributed by atoms with Crippen molar-refractivity contribution in [1.29, 1.82) is 0 Å². The van der Waals surface area contributed by atoms with Gasteiger partial charge in [-0.3, -0.25) is 15.6 Å². The number of benzene rings is 2. The molecule has 0 spiro atoms. The second kappa shape index (κ2) is 10.6. The molecule has 1 saturated heterocycles. The average molecular weight is 433 g/mol. The van der Waals surface area contributed by atoms with Crippen LogP contribution in [0.3, 0.4) is 0 Å². The first-order valence-corrected chi connectivity index (χ1v) is 11.4. The van der Waals surface area contributed by atoms with Gasteiger partial charge < -0.3 is 9.32 Å². The fraction of sp³-hybridized carbons (Fsp3) is 0.385. The summed E-state index contributed by atoms with van der Waals surface area (Å²) < 4.78 is 5.84. The summed E-state index contributed by atoms with van der Waals surface area (Å²) in [4.78, 5) is 18.7. The maximum atomic E-state index is 12.5. The highest BCUT2D eigenvalue weighted by Gasteiger charge is 2.24. The summed E-state index contributed by atoms with van der Waals surface area (Å²) in [5.41, 5.74) is 10.3. The van der Waals surface area contributed by atoms with Gasteiger partial charge in [0.1, 0.15) is 0 Å². The van der Waals surface area contributed by atoms with Crippen LogP contribution in [0.1, 0.15) is 48.7 Å². The third-order valence-electron chi connectivity index (χ3n) is 6.10. The molecule has 1 amide bonds. The molecule has 2 atom stereocenters. The van der Waals surface area contributed by atoms with E-state index in [4.69, 9.17) is 4.42 Å². The van der Waals surface area contributed by atoms with Crippen LogP contribution < -0.4 is 10.9 Å². The third kappa shape index (κ3) is 5.84. The fourth-order valence-corrected chi connectivity index (χ4v) is 4.10. The SMILES string of the molecule is Cc1ccc(-c2cnc(CCC(=O)N(C)CCCC3CC(c4ccccc4)NN3)o2)cc1. The zero-order valence-electron chi connectivity index (χ0n) is 18.9. The Kier molecular flexibility index (Phi) is 7.35. The molecule has 6 nitrogen and oxygen atoms in total. The molecular weight excluding hydrogens is 400 g/mol. The second-order valence-electron chi connectivity index (χ2n) is 8.63. The number of carbonyl (C=O) groups is 1. The summed E-state index contributed by atoms with van der Waals surface area (Å²) in [7, 11) is 1.88. The maximum absolute atomic E-state index is 12.5. The number of hydrazine groups is 1. The smallest absolute Gasteiger partial charge is 0.222 e. The minimum Gasteiger partial charge on any atom is -0.441 e. The van der Waals surface area contributed by atoms with Crippen LogP contribution in [-0.4, -0.2) is 35.4 Å². The highest BCUT2D eigenvalue weighted by atomic mass is 16.4. The molecular formula is C26H32N4O2. The minimum atomic E-state index is 0.125. The van der Waals surface area contributed by atoms with Crippen molar-refractivity contribution in [3.63, 3.8) is 0 Å². The van der Waals surface area contributed by atoms with Gasteiger partial charge in [-0.1, -0.05) is 60.2 Å². The molecule has 0 radical (unpaired) electrons. The lowest BCUT2D eigenvalue weighted by atomic mass is 10.00. The van der Waals surface area contributed by atoms with E-state index in [0.717, 1.165) is 37.1 Å². The van der Waals surface area contributed by atoms with Crippen molar-refractivity contribution in [1.82, 2.24) is 20.7 Å². The van der Waals surface area contributed by atoms with E-state index < -0.39 is 0 Å². The predicted molar refractivity (Wildman–Crippen MR) is 126 cm³/mol. The number of nitrogens with one attached hydrogen (secondary N) is 2. The molecule has 1 aliphatic rings. The summed E-state index contributed by atoms with van der Waals surface area (Å²) in [6.45, 7) is 2.81. The molecule has 6 heteroatoms. The lowest BCUT2D eigenvalue weighted by Crippen LogP contribution is -2.32. The number of aryl methyl sites for hydroxylation is 2. The van der Waals surface area contributed by atoms with E-state index >= 15 is 0 Å². The van der Waals surface area contributed by atoms with Crippen LogP contribution in [-0.2, 0) is 11.2 Å². The van der Waals surface area contributed by atoms with E-state index in [1.54, 1.807) is 6.20 Å². The van der Waals surface area contributed by atoms with Crippen molar-refractivity contribution < 1.29 is 9.21 Å². The number of oxazole rings is 1. The summed E-state index contributed by atoms with van der Waals surface area (Å²) in [6, 6.07) is 19.4. The van der Waals surface area contributed by atoms with Crippen LogP contribution >= 0.6 is 0 Å². The van der Waals surface area contributed by atoms with Gasteiger partial charge in [0.15, 0.2) is 11.7 Å². The normalized spacial score (nSPS) is 18.1. The molecule has 1 fully saturated rings. The molecule has 1 aromatic heterocycles. The van der Waals surface area contributed by atoms with Gasteiger partial charge in [-0.2, -0.15) is 0 Å². The van der Waals surface area contributed by atoms with Crippen LogP contribution in [0.5, 0.6) is 0 Å². The molecule has 3 aromatic rings. The Labute approximate surface area is 190 Å². The standard InChI is InChI=1S/C26H32N4O2/c1-19-10-12-21(13-11-19)24-18-27-25(32-24)14-15-26(31)30(2)16-6-9-22-17-23(29-28-22)20-7-4-3-5-8-20/h3-5,7-8,10-13,18,22-23,28-29H,6,9,14-17H2,1-2H3. The molecule has 2 N–H and O–H groups in total. The number of hydrogen-bond acceptors (Lipinski definition) is 5. The molecule has 1 aliphatic heterocycles. The molecule has 2 unspecified atom stereocenters. The Balaban J connectivity index is 1.16. The highest BCUT2D eigenvalue weighted by Crippen LogP contribution is 2.24. The Bertz CT molecular complexity index is 1000. The van der Waals surface area contributed by atoms with E-state index in [1.807, 2.05) is 30.1 Å². The Morgan fingerprint density at radius 1 is 1.12 bits per heavy atom. The number of hydrogen-bond donors (Lipinski definition) is 2. The summed E-state index contributed by atoms with van der Waals surface area (Å²) in [5, 5.41) is 0. The summed E-state index contributed by atoms with van der Waals surface area (Å²) in [5.74, 6) is 1.47. The number of nitrogens with zero attached hydrogens (tertiary/aromatic N) is 2. The zero-order valence-corrected chi connectivity index (χ0v) is 18.9. The van der Waals surface area contributed by atoms with Crippen molar-refractivity contribution >= 4 is 5.91 Å². The molecule has 0 saturated carbocycles. The summed E-state index contributed by atoms with van der Waals surface area (Å²) in [6.07, 6.45) is 5.73. The topological polar surface area (TPSA) is 70.4 Å². The molecule has 4 rings (SSSR count). The Hall–Kier alpha value is -2.96. The largest absolute Gasteiger partial charge is 0.441 e. The lowest BCUT2D eigenvalue weighted by Gasteiger charge is -2.18. The van der Waals surface area contributed by atoms with Gasteiger partial charge in [-0.15, -0.1) is 0 Å². The summed E-state index contributed by atoms with van der Waals surface area (Å²) >= 11 is 0. The van der Waals surface area contributed by atoms with E-state index in [9.17, 15) is 4.79 Å². The van der Waals surface area contributed by atoms with Gasteiger partial charge in [0.25, 0.3) is 0 Å². The van der Waals surface area contributed by atoms with Gasteiger partial charge in [0, 0.05) is 44.1 Å². The molecule has 2 heterocycles. The average Bonchev–Trinajstić information content (AvgIpc) is 3.48. The Morgan fingerprint density at radius 3 is 2.69 bits per heavy atom. The fourth-order valence-electron chi connectivity index (χ4n) is 4.10. The van der Waals surface area contributed by atoms with E-state index in [2.05, 4.69) is 59.2 Å². The molecule has 32 heavy (non-hydrogen) atoms. The van der Waals surface area contributed by atoms with E-state index in [-0.39, 0.29) is 5.91 Å². The van der Waals surface area contributed by atoms with Crippen molar-refractivity contribution in [3.8, 4) is 11.3 Å². The monoisotopic (exact) mass is 432 g/mol. The predicted octanol–water partition coefficient (Wildman–Crippen LogP) is 4.43. The van der Waals surface area contributed by atoms with Crippen LogP contribution in [0.2, 0.25) is 0 Å². The van der Waals surface area contributed by atoms with E-state index in [0.29, 0.717) is 30.8 Å². The lowest BCUT2D eigenvalue weighted by molar-refractivity contribution is -0.130. The van der Waals surface area contributed by atoms with Crippen molar-refractivity contribution in [3.05, 3.63) is 77.8 Å². The minimum absolute atomic E-state index is 0.125. The number of amides is 1. The van der Waals surface area contributed by atoms with Crippen LogP contribution in [0.4, 0.5) is 0 Å². The number of carbonyl (C=O) groups excluding carboxylic acids is 1.